The van der Waals surface area contributed by atoms with Gasteiger partial charge in [0.05, 0.1) is 13.0 Å². The summed E-state index contributed by atoms with van der Waals surface area (Å²) in [4.78, 5) is 13.7. The highest BCUT2D eigenvalue weighted by molar-refractivity contribution is 5.72. The van der Waals surface area contributed by atoms with Crippen molar-refractivity contribution in [2.75, 3.05) is 14.2 Å². The summed E-state index contributed by atoms with van der Waals surface area (Å²) in [5.74, 6) is -0.230. The van der Waals surface area contributed by atoms with Crippen molar-refractivity contribution in [3.8, 4) is 0 Å². The molecule has 3 nitrogen and oxygen atoms in total. The molecule has 0 amide bonds. The molecule has 0 rings (SSSR count). The zero-order chi connectivity index (χ0) is 12.2. The number of carbonyl (C=O) groups excluding carboxylic acids is 1. The Morgan fingerprint density at radius 1 is 1.40 bits per heavy atom. The average Bonchev–Trinajstić information content (AvgIpc) is 2.24. The maximum absolute atomic E-state index is 11.4. The van der Waals surface area contributed by atoms with Gasteiger partial charge in [-0.1, -0.05) is 13.8 Å². The molecule has 0 saturated carbocycles. The summed E-state index contributed by atoms with van der Waals surface area (Å²) in [6, 6.07) is 0.187. The molecular weight excluding hydrogens is 190 g/mol. The highest BCUT2D eigenvalue weighted by Crippen LogP contribution is 2.23. The predicted molar refractivity (Wildman–Crippen MR) is 62.8 cm³/mol. The lowest BCUT2D eigenvalue weighted by atomic mass is 9.93. The molecule has 2 unspecified atom stereocenters. The minimum Gasteiger partial charge on any atom is -0.469 e. The number of carbonyl (C=O) groups is 1. The summed E-state index contributed by atoms with van der Waals surface area (Å²) in [5.41, 5.74) is 0.113. The molecule has 0 spiro atoms. The summed E-state index contributed by atoms with van der Waals surface area (Å²) in [6.45, 7) is 10.5. The van der Waals surface area contributed by atoms with Crippen LogP contribution in [0.5, 0.6) is 0 Å². The number of hydrogen-bond donors (Lipinski definition) is 0. The molecule has 0 aromatic carbocycles. The first-order chi connectivity index (χ1) is 6.77. The number of rotatable bonds is 5. The van der Waals surface area contributed by atoms with E-state index in [1.54, 1.807) is 0 Å². The fourth-order valence-electron chi connectivity index (χ4n) is 1.52. The van der Waals surface area contributed by atoms with E-state index in [1.807, 2.05) is 6.92 Å². The van der Waals surface area contributed by atoms with Crippen molar-refractivity contribution in [3.63, 3.8) is 0 Å². The lowest BCUT2D eigenvalue weighted by molar-refractivity contribution is -0.147. The Labute approximate surface area is 93.8 Å². The van der Waals surface area contributed by atoms with E-state index in [1.165, 1.54) is 7.11 Å². The summed E-state index contributed by atoms with van der Waals surface area (Å²) in [6.07, 6.45) is 1.06. The van der Waals surface area contributed by atoms with Gasteiger partial charge in [0.25, 0.3) is 0 Å². The van der Waals surface area contributed by atoms with Crippen LogP contribution in [0.25, 0.3) is 0 Å². The monoisotopic (exact) mass is 215 g/mol. The summed E-state index contributed by atoms with van der Waals surface area (Å²) >= 11 is 0. The molecule has 0 saturated heterocycles. The van der Waals surface area contributed by atoms with Crippen LogP contribution in [0.15, 0.2) is 0 Å². The zero-order valence-electron chi connectivity index (χ0n) is 11.1. The van der Waals surface area contributed by atoms with Crippen LogP contribution in [0.2, 0.25) is 0 Å². The third-order valence-corrected chi connectivity index (χ3v) is 3.73. The fraction of sp³-hybridized carbons (Fsp3) is 0.917. The minimum absolute atomic E-state index is 0.0918. The molecule has 0 heterocycles. The van der Waals surface area contributed by atoms with Gasteiger partial charge in [0.1, 0.15) is 0 Å². The van der Waals surface area contributed by atoms with Gasteiger partial charge >= 0.3 is 5.97 Å². The average molecular weight is 215 g/mol. The Hall–Kier alpha value is -0.570. The number of esters is 1. The van der Waals surface area contributed by atoms with Crippen LogP contribution in [0.1, 0.15) is 41.0 Å². The largest absolute Gasteiger partial charge is 0.469 e. The van der Waals surface area contributed by atoms with E-state index in [0.717, 1.165) is 6.42 Å². The molecule has 2 atom stereocenters. The van der Waals surface area contributed by atoms with Gasteiger partial charge in [0.15, 0.2) is 0 Å². The van der Waals surface area contributed by atoms with Gasteiger partial charge in [-0.15, -0.1) is 0 Å². The third kappa shape index (κ3) is 3.49. The number of hydrogen-bond acceptors (Lipinski definition) is 3. The quantitative estimate of drug-likeness (QED) is 0.659. The van der Waals surface area contributed by atoms with Gasteiger partial charge in [-0.3, -0.25) is 9.69 Å². The molecule has 0 aromatic rings. The van der Waals surface area contributed by atoms with Crippen molar-refractivity contribution in [1.29, 1.82) is 0 Å². The van der Waals surface area contributed by atoms with Gasteiger partial charge in [-0.05, 0) is 34.2 Å². The van der Waals surface area contributed by atoms with E-state index in [-0.39, 0.29) is 23.5 Å². The van der Waals surface area contributed by atoms with Gasteiger partial charge in [-0.2, -0.15) is 0 Å². The first-order valence-electron chi connectivity index (χ1n) is 5.58. The van der Waals surface area contributed by atoms with Crippen LogP contribution in [0.4, 0.5) is 0 Å². The molecule has 0 aliphatic heterocycles. The van der Waals surface area contributed by atoms with Crippen molar-refractivity contribution < 1.29 is 9.53 Å². The number of methoxy groups -OCH3 is 1. The fourth-order valence-corrected chi connectivity index (χ4v) is 1.52. The molecule has 90 valence electrons. The molecule has 15 heavy (non-hydrogen) atoms. The van der Waals surface area contributed by atoms with E-state index < -0.39 is 0 Å². The van der Waals surface area contributed by atoms with Crippen LogP contribution in [0.3, 0.4) is 0 Å². The molecule has 0 aliphatic carbocycles. The van der Waals surface area contributed by atoms with Crippen LogP contribution < -0.4 is 0 Å². The maximum Gasteiger partial charge on any atom is 0.309 e. The second-order valence-electron chi connectivity index (χ2n) is 4.83. The van der Waals surface area contributed by atoms with Crippen LogP contribution in [-0.4, -0.2) is 36.6 Å². The van der Waals surface area contributed by atoms with Crippen molar-refractivity contribution in [3.05, 3.63) is 0 Å². The Morgan fingerprint density at radius 3 is 2.20 bits per heavy atom. The molecular formula is C12H25NO2. The highest BCUT2D eigenvalue weighted by Gasteiger charge is 2.31. The smallest absolute Gasteiger partial charge is 0.309 e. The first-order valence-corrected chi connectivity index (χ1v) is 5.58. The lowest BCUT2D eigenvalue weighted by Gasteiger charge is -2.41. The Kier molecular flexibility index (Phi) is 5.29. The molecule has 0 fully saturated rings. The molecule has 0 N–H and O–H groups in total. The molecule has 0 bridgehead atoms. The predicted octanol–water partition coefficient (Wildman–Crippen LogP) is 2.30. The zero-order valence-corrected chi connectivity index (χ0v) is 11.1. The second-order valence-corrected chi connectivity index (χ2v) is 4.83. The molecule has 0 aliphatic rings. The van der Waals surface area contributed by atoms with Crippen molar-refractivity contribution in [1.82, 2.24) is 4.90 Å². The second kappa shape index (κ2) is 5.50. The SMILES string of the molecule is CCC(C)(C)N(C)C(C)C(C)C(=O)OC. The van der Waals surface area contributed by atoms with Gasteiger partial charge in [0, 0.05) is 11.6 Å². The molecule has 0 radical (unpaired) electrons. The van der Waals surface area contributed by atoms with Crippen LogP contribution in [-0.2, 0) is 9.53 Å². The van der Waals surface area contributed by atoms with Crippen molar-refractivity contribution in [2.45, 2.75) is 52.6 Å². The number of ether oxygens (including phenoxy) is 1. The van der Waals surface area contributed by atoms with Gasteiger partial charge in [0.2, 0.25) is 0 Å². The van der Waals surface area contributed by atoms with Gasteiger partial charge in [-0.25, -0.2) is 0 Å². The topological polar surface area (TPSA) is 29.5 Å². The third-order valence-electron chi connectivity index (χ3n) is 3.73. The number of nitrogens with zero attached hydrogens (tertiary/aromatic N) is 1. The summed E-state index contributed by atoms with van der Waals surface area (Å²) in [7, 11) is 3.50. The maximum atomic E-state index is 11.4. The van der Waals surface area contributed by atoms with Gasteiger partial charge < -0.3 is 4.74 Å². The Morgan fingerprint density at radius 2 is 1.87 bits per heavy atom. The Bertz CT molecular complexity index is 214. The highest BCUT2D eigenvalue weighted by atomic mass is 16.5. The van der Waals surface area contributed by atoms with E-state index in [4.69, 9.17) is 4.74 Å². The van der Waals surface area contributed by atoms with E-state index >= 15 is 0 Å². The first kappa shape index (κ1) is 14.4. The molecule has 3 heteroatoms. The standard InChI is InChI=1S/C12H25NO2/c1-8-12(4,5)13(6)10(3)9(2)11(14)15-7/h9-10H,8H2,1-7H3. The van der Waals surface area contributed by atoms with Crippen molar-refractivity contribution in [2.24, 2.45) is 5.92 Å². The minimum atomic E-state index is -0.138. The van der Waals surface area contributed by atoms with Crippen LogP contribution in [0, 0.1) is 5.92 Å². The Balaban J connectivity index is 4.57. The molecule has 0 aromatic heterocycles. The van der Waals surface area contributed by atoms with E-state index in [2.05, 4.69) is 39.6 Å². The summed E-state index contributed by atoms with van der Waals surface area (Å²) < 4.78 is 4.76. The van der Waals surface area contributed by atoms with E-state index in [9.17, 15) is 4.79 Å². The van der Waals surface area contributed by atoms with E-state index in [0.29, 0.717) is 0 Å². The van der Waals surface area contributed by atoms with Crippen LogP contribution >= 0.6 is 0 Å². The van der Waals surface area contributed by atoms with Crippen molar-refractivity contribution >= 4 is 5.97 Å². The lowest BCUT2D eigenvalue weighted by Crippen LogP contribution is -2.49. The summed E-state index contributed by atoms with van der Waals surface area (Å²) in [5, 5.41) is 0. The normalized spacial score (nSPS) is 16.3.